The molecular formula is C18H23N3O2S. The number of hydrogen-bond donors (Lipinski definition) is 2. The van der Waals surface area contributed by atoms with Gasteiger partial charge in [0.1, 0.15) is 4.88 Å². The zero-order valence-electron chi connectivity index (χ0n) is 13.8. The molecule has 24 heavy (non-hydrogen) atoms. The summed E-state index contributed by atoms with van der Waals surface area (Å²) in [6.07, 6.45) is 0.885. The molecule has 0 aliphatic carbocycles. The van der Waals surface area contributed by atoms with Gasteiger partial charge in [-0.1, -0.05) is 30.3 Å². The molecular weight excluding hydrogens is 322 g/mol. The first-order chi connectivity index (χ1) is 11.7. The molecule has 0 unspecified atom stereocenters. The average molecular weight is 345 g/mol. The van der Waals surface area contributed by atoms with E-state index in [1.807, 2.05) is 25.1 Å². The highest BCUT2D eigenvalue weighted by molar-refractivity contribution is 7.11. The van der Waals surface area contributed by atoms with Gasteiger partial charge in [0.15, 0.2) is 0 Å². The minimum absolute atomic E-state index is 0.0403. The van der Waals surface area contributed by atoms with E-state index in [-0.39, 0.29) is 24.5 Å². The minimum Gasteiger partial charge on any atom is -0.396 e. The molecule has 1 saturated heterocycles. The summed E-state index contributed by atoms with van der Waals surface area (Å²) >= 11 is 1.36. The van der Waals surface area contributed by atoms with Gasteiger partial charge < -0.3 is 10.4 Å². The summed E-state index contributed by atoms with van der Waals surface area (Å²) in [5, 5.41) is 12.8. The van der Waals surface area contributed by atoms with Crippen LogP contribution >= 0.6 is 11.3 Å². The van der Waals surface area contributed by atoms with Crippen LogP contribution in [0.2, 0.25) is 0 Å². The van der Waals surface area contributed by atoms with E-state index in [1.165, 1.54) is 16.9 Å². The molecule has 2 heterocycles. The summed E-state index contributed by atoms with van der Waals surface area (Å²) in [7, 11) is 0. The summed E-state index contributed by atoms with van der Waals surface area (Å²) in [5.74, 6) is 0.0224. The number of carbonyl (C=O) groups excluding carboxylic acids is 1. The largest absolute Gasteiger partial charge is 0.396 e. The number of nitrogens with one attached hydrogen (secondary N) is 1. The van der Waals surface area contributed by atoms with Crippen LogP contribution < -0.4 is 5.32 Å². The first-order valence-electron chi connectivity index (χ1n) is 8.25. The second-order valence-electron chi connectivity index (χ2n) is 6.30. The summed E-state index contributed by atoms with van der Waals surface area (Å²) in [4.78, 5) is 19.6. The van der Waals surface area contributed by atoms with E-state index in [2.05, 4.69) is 27.3 Å². The van der Waals surface area contributed by atoms with E-state index in [0.29, 0.717) is 4.88 Å². The molecule has 2 aromatic rings. The average Bonchev–Trinajstić information content (AvgIpc) is 3.02. The zero-order valence-corrected chi connectivity index (χ0v) is 14.6. The van der Waals surface area contributed by atoms with Crippen molar-refractivity contribution in [3.63, 3.8) is 0 Å². The van der Waals surface area contributed by atoms with Gasteiger partial charge in [0.05, 0.1) is 11.2 Å². The topological polar surface area (TPSA) is 65.5 Å². The molecule has 1 aromatic heterocycles. The number of aromatic nitrogens is 1. The Morgan fingerprint density at radius 2 is 2.21 bits per heavy atom. The highest BCUT2D eigenvalue weighted by atomic mass is 32.1. The fraction of sp³-hybridized carbons (Fsp3) is 0.444. The number of thiazole rings is 1. The summed E-state index contributed by atoms with van der Waals surface area (Å²) in [6.45, 7) is 4.50. The standard InChI is InChI=1S/C18H23N3O2S/c1-13-17(24-12-19-13)18(23)20-16-10-21(8-7-15(16)11-22)9-14-5-3-2-4-6-14/h2-6,12,15-16,22H,7-11H2,1H3,(H,20,23)/t15-,16+/m0/s1. The van der Waals surface area contributed by atoms with Crippen molar-refractivity contribution in [3.05, 3.63) is 52.0 Å². The third-order valence-corrected chi connectivity index (χ3v) is 5.52. The second kappa shape index (κ2) is 7.88. The van der Waals surface area contributed by atoms with Crippen LogP contribution in [0.5, 0.6) is 0 Å². The van der Waals surface area contributed by atoms with Crippen molar-refractivity contribution >= 4 is 17.2 Å². The fourth-order valence-electron chi connectivity index (χ4n) is 3.19. The van der Waals surface area contributed by atoms with Crippen molar-refractivity contribution in [2.45, 2.75) is 25.9 Å². The zero-order chi connectivity index (χ0) is 16.9. The van der Waals surface area contributed by atoms with Gasteiger partial charge in [0.2, 0.25) is 0 Å². The molecule has 2 N–H and O–H groups in total. The Morgan fingerprint density at radius 1 is 1.42 bits per heavy atom. The number of hydrogen-bond acceptors (Lipinski definition) is 5. The maximum Gasteiger partial charge on any atom is 0.263 e. The van der Waals surface area contributed by atoms with Crippen molar-refractivity contribution < 1.29 is 9.90 Å². The van der Waals surface area contributed by atoms with Gasteiger partial charge in [0, 0.05) is 31.7 Å². The lowest BCUT2D eigenvalue weighted by Crippen LogP contribution is -2.53. The van der Waals surface area contributed by atoms with Crippen molar-refractivity contribution in [2.24, 2.45) is 5.92 Å². The molecule has 1 aromatic carbocycles. The summed E-state index contributed by atoms with van der Waals surface area (Å²) < 4.78 is 0. The van der Waals surface area contributed by atoms with Gasteiger partial charge >= 0.3 is 0 Å². The molecule has 2 atom stereocenters. The number of benzene rings is 1. The Kier molecular flexibility index (Phi) is 5.60. The SMILES string of the molecule is Cc1ncsc1C(=O)N[C@@H]1CN(Cc2ccccc2)CC[C@H]1CO. The van der Waals surface area contributed by atoms with E-state index in [1.54, 1.807) is 5.51 Å². The fourth-order valence-corrected chi connectivity index (χ4v) is 3.89. The Balaban J connectivity index is 1.65. The van der Waals surface area contributed by atoms with Gasteiger partial charge in [-0.25, -0.2) is 4.98 Å². The molecule has 3 rings (SSSR count). The van der Waals surface area contributed by atoms with Crippen LogP contribution in [0, 0.1) is 12.8 Å². The van der Waals surface area contributed by atoms with Gasteiger partial charge in [0.25, 0.3) is 5.91 Å². The first-order valence-corrected chi connectivity index (χ1v) is 9.13. The molecule has 6 heteroatoms. The molecule has 128 valence electrons. The van der Waals surface area contributed by atoms with Gasteiger partial charge in [-0.05, 0) is 25.5 Å². The number of rotatable bonds is 5. The number of likely N-dealkylation sites (tertiary alicyclic amines) is 1. The van der Waals surface area contributed by atoms with Gasteiger partial charge in [-0.15, -0.1) is 11.3 Å². The maximum atomic E-state index is 12.5. The van der Waals surface area contributed by atoms with Crippen LogP contribution in [0.3, 0.4) is 0 Å². The van der Waals surface area contributed by atoms with E-state index in [0.717, 1.165) is 31.7 Å². The third kappa shape index (κ3) is 4.01. The predicted molar refractivity (Wildman–Crippen MR) is 95.0 cm³/mol. The van der Waals surface area contributed by atoms with Crippen LogP contribution in [0.4, 0.5) is 0 Å². The number of piperidine rings is 1. The van der Waals surface area contributed by atoms with Crippen LogP contribution in [-0.2, 0) is 6.54 Å². The van der Waals surface area contributed by atoms with Gasteiger partial charge in [-0.2, -0.15) is 0 Å². The molecule has 1 aliphatic rings. The molecule has 0 saturated carbocycles. The predicted octanol–water partition coefficient (Wildman–Crippen LogP) is 2.06. The number of aliphatic hydroxyl groups excluding tert-OH is 1. The Hall–Kier alpha value is -1.76. The Morgan fingerprint density at radius 3 is 2.88 bits per heavy atom. The Bertz CT molecular complexity index is 674. The van der Waals surface area contributed by atoms with Crippen LogP contribution in [0.25, 0.3) is 0 Å². The lowest BCUT2D eigenvalue weighted by molar-refractivity contribution is 0.0733. The molecule has 0 radical (unpaired) electrons. The highest BCUT2D eigenvalue weighted by Gasteiger charge is 2.30. The number of aliphatic hydroxyl groups is 1. The molecule has 1 amide bonds. The molecule has 0 spiro atoms. The summed E-state index contributed by atoms with van der Waals surface area (Å²) in [6, 6.07) is 10.3. The van der Waals surface area contributed by atoms with Crippen molar-refractivity contribution in [2.75, 3.05) is 19.7 Å². The lowest BCUT2D eigenvalue weighted by Gasteiger charge is -2.38. The Labute approximate surface area is 146 Å². The minimum atomic E-state index is -0.0833. The molecule has 5 nitrogen and oxygen atoms in total. The van der Waals surface area contributed by atoms with Crippen molar-refractivity contribution in [1.29, 1.82) is 0 Å². The van der Waals surface area contributed by atoms with E-state index in [4.69, 9.17) is 0 Å². The van der Waals surface area contributed by atoms with Crippen molar-refractivity contribution in [3.8, 4) is 0 Å². The molecule has 1 aliphatic heterocycles. The highest BCUT2D eigenvalue weighted by Crippen LogP contribution is 2.21. The van der Waals surface area contributed by atoms with E-state index in [9.17, 15) is 9.90 Å². The lowest BCUT2D eigenvalue weighted by atomic mass is 9.92. The van der Waals surface area contributed by atoms with Crippen LogP contribution in [-0.4, -0.2) is 46.6 Å². The monoisotopic (exact) mass is 345 g/mol. The number of aryl methyl sites for hydroxylation is 1. The molecule has 1 fully saturated rings. The second-order valence-corrected chi connectivity index (χ2v) is 7.15. The normalized spacial score (nSPS) is 21.6. The van der Waals surface area contributed by atoms with Gasteiger partial charge in [-0.3, -0.25) is 9.69 Å². The van der Waals surface area contributed by atoms with Crippen LogP contribution in [0.15, 0.2) is 35.8 Å². The first kappa shape index (κ1) is 17.1. The third-order valence-electron chi connectivity index (χ3n) is 4.59. The van der Waals surface area contributed by atoms with Crippen LogP contribution in [0.1, 0.15) is 27.3 Å². The number of carbonyl (C=O) groups is 1. The number of amides is 1. The smallest absolute Gasteiger partial charge is 0.263 e. The van der Waals surface area contributed by atoms with Crippen molar-refractivity contribution in [1.82, 2.24) is 15.2 Å². The van der Waals surface area contributed by atoms with E-state index >= 15 is 0 Å². The van der Waals surface area contributed by atoms with E-state index < -0.39 is 0 Å². The number of nitrogens with zero attached hydrogens (tertiary/aromatic N) is 2. The maximum absolute atomic E-state index is 12.5. The quantitative estimate of drug-likeness (QED) is 0.871. The molecule has 0 bridgehead atoms. The summed E-state index contributed by atoms with van der Waals surface area (Å²) in [5.41, 5.74) is 3.72.